The molecule has 1 amide bonds. The van der Waals surface area contributed by atoms with Gasteiger partial charge in [-0.05, 0) is 42.8 Å². The second-order valence-corrected chi connectivity index (χ2v) is 5.23. The molecule has 0 spiro atoms. The molecule has 3 nitrogen and oxygen atoms in total. The maximum Gasteiger partial charge on any atom is 0.243 e. The first-order valence-corrected chi connectivity index (χ1v) is 6.89. The van der Waals surface area contributed by atoms with Crippen LogP contribution >= 0.6 is 15.9 Å². The van der Waals surface area contributed by atoms with Crippen LogP contribution in [-0.2, 0) is 4.79 Å². The summed E-state index contributed by atoms with van der Waals surface area (Å²) in [4.78, 5) is 11.8. The predicted molar refractivity (Wildman–Crippen MR) is 82.4 cm³/mol. The van der Waals surface area contributed by atoms with E-state index in [0.717, 1.165) is 10.0 Å². The largest absolute Gasteiger partial charge is 0.376 e. The molecule has 0 saturated heterocycles. The maximum atomic E-state index is 13.0. The average Bonchev–Trinajstić information content (AvgIpc) is 2.41. The van der Waals surface area contributed by atoms with Gasteiger partial charge in [0.05, 0.1) is 6.54 Å². The molecule has 0 saturated carbocycles. The van der Waals surface area contributed by atoms with Gasteiger partial charge in [-0.1, -0.05) is 28.1 Å². The minimum atomic E-state index is -0.335. The van der Waals surface area contributed by atoms with Gasteiger partial charge in [0.2, 0.25) is 5.91 Å². The fraction of sp³-hybridized carbons (Fsp3) is 0.133. The molecule has 0 aliphatic heterocycles. The Morgan fingerprint density at radius 2 is 2.00 bits per heavy atom. The summed E-state index contributed by atoms with van der Waals surface area (Å²) in [7, 11) is 0. The third kappa shape index (κ3) is 4.06. The molecule has 2 rings (SSSR count). The lowest BCUT2D eigenvalue weighted by Gasteiger charge is -2.09. The van der Waals surface area contributed by atoms with Crippen molar-refractivity contribution in [2.75, 3.05) is 17.2 Å². The zero-order chi connectivity index (χ0) is 14.5. The number of rotatable bonds is 4. The van der Waals surface area contributed by atoms with Gasteiger partial charge in [-0.15, -0.1) is 0 Å². The average molecular weight is 337 g/mol. The highest BCUT2D eigenvalue weighted by Crippen LogP contribution is 2.20. The second-order valence-electron chi connectivity index (χ2n) is 4.38. The van der Waals surface area contributed by atoms with E-state index in [1.807, 2.05) is 25.1 Å². The number of carbonyl (C=O) groups excluding carboxylic acids is 1. The summed E-state index contributed by atoms with van der Waals surface area (Å²) in [6, 6.07) is 11.6. The Kier molecular flexibility index (Phi) is 4.74. The number of hydrogen-bond acceptors (Lipinski definition) is 2. The van der Waals surface area contributed by atoms with E-state index in [0.29, 0.717) is 11.4 Å². The van der Waals surface area contributed by atoms with Crippen LogP contribution in [0, 0.1) is 12.7 Å². The van der Waals surface area contributed by atoms with Crippen LogP contribution < -0.4 is 10.6 Å². The molecule has 2 aromatic carbocycles. The van der Waals surface area contributed by atoms with Gasteiger partial charge in [0, 0.05) is 15.8 Å². The van der Waals surface area contributed by atoms with Crippen LogP contribution in [0.2, 0.25) is 0 Å². The Bertz CT molecular complexity index is 631. The Morgan fingerprint density at radius 3 is 2.70 bits per heavy atom. The van der Waals surface area contributed by atoms with Crippen molar-refractivity contribution in [3.63, 3.8) is 0 Å². The molecule has 0 fully saturated rings. The Hall–Kier alpha value is -1.88. The molecule has 2 N–H and O–H groups in total. The SMILES string of the molecule is Cc1ccc(NC(=O)CNc2cccc(F)c2)cc1Br. The number of amides is 1. The minimum absolute atomic E-state index is 0.0783. The van der Waals surface area contributed by atoms with Crippen LogP contribution in [0.4, 0.5) is 15.8 Å². The summed E-state index contributed by atoms with van der Waals surface area (Å²) >= 11 is 3.41. The van der Waals surface area contributed by atoms with Gasteiger partial charge in [0.15, 0.2) is 0 Å². The summed E-state index contributed by atoms with van der Waals surface area (Å²) in [5.74, 6) is -0.525. The van der Waals surface area contributed by atoms with Gasteiger partial charge in [0.1, 0.15) is 5.82 Å². The molecule has 0 unspecified atom stereocenters. The summed E-state index contributed by atoms with van der Waals surface area (Å²) in [5, 5.41) is 5.64. The van der Waals surface area contributed by atoms with Crippen molar-refractivity contribution in [2.24, 2.45) is 0 Å². The van der Waals surface area contributed by atoms with E-state index in [-0.39, 0.29) is 18.3 Å². The highest BCUT2D eigenvalue weighted by molar-refractivity contribution is 9.10. The lowest BCUT2D eigenvalue weighted by atomic mass is 10.2. The number of hydrogen-bond donors (Lipinski definition) is 2. The second kappa shape index (κ2) is 6.52. The molecule has 0 atom stereocenters. The van der Waals surface area contributed by atoms with E-state index in [2.05, 4.69) is 26.6 Å². The highest BCUT2D eigenvalue weighted by atomic mass is 79.9. The molecule has 20 heavy (non-hydrogen) atoms. The lowest BCUT2D eigenvalue weighted by Crippen LogP contribution is -2.21. The summed E-state index contributed by atoms with van der Waals surface area (Å²) < 4.78 is 13.9. The molecule has 0 bridgehead atoms. The quantitative estimate of drug-likeness (QED) is 0.887. The summed E-state index contributed by atoms with van der Waals surface area (Å²) in [5.41, 5.74) is 2.39. The van der Waals surface area contributed by atoms with E-state index in [9.17, 15) is 9.18 Å². The van der Waals surface area contributed by atoms with Crippen LogP contribution in [0.3, 0.4) is 0 Å². The van der Waals surface area contributed by atoms with E-state index in [1.54, 1.807) is 12.1 Å². The Labute approximate surface area is 125 Å². The van der Waals surface area contributed by atoms with Crippen LogP contribution in [0.1, 0.15) is 5.56 Å². The zero-order valence-corrected chi connectivity index (χ0v) is 12.5. The zero-order valence-electron chi connectivity index (χ0n) is 10.9. The Morgan fingerprint density at radius 1 is 1.20 bits per heavy atom. The van der Waals surface area contributed by atoms with Crippen LogP contribution in [0.25, 0.3) is 0 Å². The number of nitrogens with one attached hydrogen (secondary N) is 2. The standard InChI is InChI=1S/C15H14BrFN2O/c1-10-5-6-13(8-14(10)16)19-15(20)9-18-12-4-2-3-11(17)7-12/h2-8,18H,9H2,1H3,(H,19,20). The molecule has 0 heterocycles. The van der Waals surface area contributed by atoms with Crippen LogP contribution in [-0.4, -0.2) is 12.5 Å². The number of aryl methyl sites for hydroxylation is 1. The minimum Gasteiger partial charge on any atom is -0.376 e. The fourth-order valence-corrected chi connectivity index (χ4v) is 2.04. The molecule has 0 aliphatic rings. The van der Waals surface area contributed by atoms with Gasteiger partial charge < -0.3 is 10.6 Å². The summed E-state index contributed by atoms with van der Waals surface area (Å²) in [6.07, 6.45) is 0. The van der Waals surface area contributed by atoms with Crippen LogP contribution in [0.15, 0.2) is 46.9 Å². The van der Waals surface area contributed by atoms with Gasteiger partial charge in [-0.25, -0.2) is 4.39 Å². The molecule has 104 valence electrons. The van der Waals surface area contributed by atoms with Gasteiger partial charge in [-0.3, -0.25) is 4.79 Å². The molecule has 5 heteroatoms. The number of anilines is 2. The smallest absolute Gasteiger partial charge is 0.243 e. The van der Waals surface area contributed by atoms with E-state index in [4.69, 9.17) is 0 Å². The first kappa shape index (κ1) is 14.5. The highest BCUT2D eigenvalue weighted by Gasteiger charge is 2.04. The molecule has 2 aromatic rings. The molecular weight excluding hydrogens is 323 g/mol. The fourth-order valence-electron chi connectivity index (χ4n) is 1.66. The molecular formula is C15H14BrFN2O. The lowest BCUT2D eigenvalue weighted by molar-refractivity contribution is -0.114. The third-order valence-corrected chi connectivity index (χ3v) is 3.59. The van der Waals surface area contributed by atoms with Crippen molar-refractivity contribution in [1.82, 2.24) is 0 Å². The van der Waals surface area contributed by atoms with Crippen molar-refractivity contribution in [1.29, 1.82) is 0 Å². The number of carbonyl (C=O) groups is 1. The van der Waals surface area contributed by atoms with E-state index in [1.165, 1.54) is 12.1 Å². The van der Waals surface area contributed by atoms with E-state index < -0.39 is 0 Å². The van der Waals surface area contributed by atoms with Crippen molar-refractivity contribution >= 4 is 33.2 Å². The maximum absolute atomic E-state index is 13.0. The predicted octanol–water partition coefficient (Wildman–Crippen LogP) is 3.95. The van der Waals surface area contributed by atoms with Crippen LogP contribution in [0.5, 0.6) is 0 Å². The summed E-state index contributed by atoms with van der Waals surface area (Å²) in [6.45, 7) is 2.05. The first-order chi connectivity index (χ1) is 9.54. The monoisotopic (exact) mass is 336 g/mol. The van der Waals surface area contributed by atoms with Crippen molar-refractivity contribution < 1.29 is 9.18 Å². The number of benzene rings is 2. The van der Waals surface area contributed by atoms with Crippen molar-refractivity contribution in [3.05, 3.63) is 58.3 Å². The third-order valence-electron chi connectivity index (χ3n) is 2.73. The number of halogens is 2. The topological polar surface area (TPSA) is 41.1 Å². The molecule has 0 aliphatic carbocycles. The van der Waals surface area contributed by atoms with Gasteiger partial charge in [-0.2, -0.15) is 0 Å². The first-order valence-electron chi connectivity index (χ1n) is 6.10. The Balaban J connectivity index is 1.91. The van der Waals surface area contributed by atoms with Crippen molar-refractivity contribution in [3.8, 4) is 0 Å². The van der Waals surface area contributed by atoms with Gasteiger partial charge in [0.25, 0.3) is 0 Å². The van der Waals surface area contributed by atoms with E-state index >= 15 is 0 Å². The normalized spacial score (nSPS) is 10.2. The van der Waals surface area contributed by atoms with Gasteiger partial charge >= 0.3 is 0 Å². The molecule has 0 radical (unpaired) electrons. The van der Waals surface area contributed by atoms with Crippen molar-refractivity contribution in [2.45, 2.75) is 6.92 Å². The molecule has 0 aromatic heterocycles.